The van der Waals surface area contributed by atoms with Crippen LogP contribution in [0.25, 0.3) is 0 Å². The van der Waals surface area contributed by atoms with Crippen molar-refractivity contribution in [1.82, 2.24) is 30.4 Å². The van der Waals surface area contributed by atoms with E-state index in [9.17, 15) is 38.4 Å². The van der Waals surface area contributed by atoms with Crippen molar-refractivity contribution in [3.63, 3.8) is 0 Å². The summed E-state index contributed by atoms with van der Waals surface area (Å²) in [6.45, 7) is -2.16. The number of amides is 8. The van der Waals surface area contributed by atoms with E-state index in [4.69, 9.17) is 54.1 Å². The molecule has 0 spiro atoms. The molecule has 0 radical (unpaired) electrons. The molecule has 0 fully saturated rings. The predicted molar refractivity (Wildman–Crippen MR) is 150 cm³/mol. The van der Waals surface area contributed by atoms with Crippen LogP contribution in [-0.4, -0.2) is 169 Å². The van der Waals surface area contributed by atoms with Crippen LogP contribution in [0.2, 0.25) is 0 Å². The van der Waals surface area contributed by atoms with Gasteiger partial charge < -0.3 is 0 Å². The first-order valence-electron chi connectivity index (χ1n) is 13.7. The van der Waals surface area contributed by atoms with E-state index in [1.807, 2.05) is 0 Å². The molecule has 0 aliphatic carbocycles. The van der Waals surface area contributed by atoms with Crippen molar-refractivity contribution < 1.29 is 168 Å². The van der Waals surface area contributed by atoms with E-state index in [1.54, 1.807) is 0 Å². The Labute approximate surface area is 324 Å². The predicted octanol–water partition coefficient (Wildman–Crippen LogP) is -11.2. The molecular weight excluding hydrogens is 864 g/mol. The normalized spacial score (nSPS) is 11.5. The number of carbonyl (C=O) groups is 8. The number of rotatable bonds is 32. The zero-order valence-corrected chi connectivity index (χ0v) is 33.3. The van der Waals surface area contributed by atoms with E-state index in [2.05, 4.69) is 30.4 Å². The van der Waals surface area contributed by atoms with Gasteiger partial charge >= 0.3 is 327 Å². The molecule has 0 rings (SSSR count). The Hall–Kier alpha value is -1.86. The third-order valence-corrected chi connectivity index (χ3v) is 11.6. The monoisotopic (exact) mass is 908 g/mol. The van der Waals surface area contributed by atoms with Gasteiger partial charge in [-0.1, -0.05) is 0 Å². The fourth-order valence-corrected chi connectivity index (χ4v) is 7.00. The summed E-state index contributed by atoms with van der Waals surface area (Å²) in [6.07, 6.45) is -0.673. The van der Waals surface area contributed by atoms with E-state index in [-0.39, 0.29) is 26.4 Å². The Kier molecular flexibility index (Phi) is 49.5. The van der Waals surface area contributed by atoms with Gasteiger partial charge in [0.05, 0.1) is 0 Å². The first-order chi connectivity index (χ1) is 25.0. The van der Waals surface area contributed by atoms with Gasteiger partial charge in [-0.05, 0) is 0 Å². The third kappa shape index (κ3) is 42.5. The number of aliphatic hydroxyl groups is 8. The number of hydrogen-bond donors (Lipinski definition) is 16. The number of hydrogen-bond acceptors (Lipinski definition) is 20. The summed E-state index contributed by atoms with van der Waals surface area (Å²) in [5.41, 5.74) is 0. The summed E-state index contributed by atoms with van der Waals surface area (Å²) in [5.74, 6) is 0. The minimum atomic E-state index is -2.58. The first kappa shape index (κ1) is 56.9. The van der Waals surface area contributed by atoms with E-state index < -0.39 is 126 Å². The molecule has 300 valence electrons. The Morgan fingerprint density at radius 3 is 0.577 bits per heavy atom. The van der Waals surface area contributed by atoms with Crippen LogP contribution >= 0.6 is 0 Å². The van der Waals surface area contributed by atoms with Crippen LogP contribution in [-0.2, 0) is 127 Å². The van der Waals surface area contributed by atoms with Crippen LogP contribution < -0.4 is 30.4 Å². The van der Waals surface area contributed by atoms with Gasteiger partial charge in [0.2, 0.25) is 0 Å². The Morgan fingerprint density at radius 2 is 0.481 bits per heavy atom. The van der Waals surface area contributed by atoms with Gasteiger partial charge in [-0.3, -0.25) is 0 Å². The van der Waals surface area contributed by atoms with Gasteiger partial charge in [0.25, 0.3) is 0 Å². The molecule has 0 aromatic rings. The van der Waals surface area contributed by atoms with Gasteiger partial charge in [-0.2, -0.15) is 0 Å². The Balaban J connectivity index is -0.000000295. The molecule has 0 aromatic carbocycles. The molecule has 28 nitrogen and oxygen atoms in total. The second kappa shape index (κ2) is 45.3. The summed E-state index contributed by atoms with van der Waals surface area (Å²) in [7, 11) is 0. The summed E-state index contributed by atoms with van der Waals surface area (Å²) < 4.78 is 38.1. The molecule has 0 bridgehead atoms. The van der Waals surface area contributed by atoms with Crippen LogP contribution in [0, 0.1) is 0 Å². The van der Waals surface area contributed by atoms with E-state index >= 15 is 0 Å². The standard InChI is InChI=1S/4C3H7O3.8CH3NO.4Ti/c4*4-1-3(6)2-5;8*2-1-3;;;;/h4*3-4,6H,1-2H2;8*1H,(H2,2,3);;;;/q4*-1;;;;;;;;;4*+3/p-8. The van der Waals surface area contributed by atoms with Crippen molar-refractivity contribution in [2.45, 2.75) is 24.4 Å². The second-order valence-electron chi connectivity index (χ2n) is 8.00. The molecule has 8 amide bonds. The fourth-order valence-electron chi connectivity index (χ4n) is 1.86. The maximum atomic E-state index is 9.99. The molecule has 0 aliphatic heterocycles. The second-order valence-corrected chi connectivity index (χ2v) is 17.5. The fraction of sp³-hybridized carbons (Fsp3) is 0.600. The summed E-state index contributed by atoms with van der Waals surface area (Å²) in [6, 6.07) is 0. The van der Waals surface area contributed by atoms with Gasteiger partial charge in [0.1, 0.15) is 0 Å². The molecule has 4 atom stereocenters. The van der Waals surface area contributed by atoms with E-state index in [1.165, 1.54) is 0 Å². The zero-order chi connectivity index (χ0) is 40.4. The molecule has 32 heteroatoms. The van der Waals surface area contributed by atoms with E-state index in [0.29, 0.717) is 51.3 Å². The molecule has 16 N–H and O–H groups in total. The topological polar surface area (TPSA) is 432 Å². The third-order valence-electron chi connectivity index (χ3n) is 4.04. The molecule has 0 heterocycles. The Morgan fingerprint density at radius 1 is 0.346 bits per heavy atom. The number of carbonyl (C=O) groups excluding carboxylic acids is 8. The molecule has 0 aromatic heterocycles. The SMILES string of the molecule is O=C[NH][Ti]([NH]C=O)[O]CC(O)CO.O=C[NH][Ti]([NH]C=O)[O]CC(O)CO.O=C[NH][Ti]([NH]C=O)[O]CC(O)CO.O=C[NH][Ti]([NH]C=O)[O]CC(O)CO. The quantitative estimate of drug-likeness (QED) is 0.0220. The molecule has 0 saturated heterocycles. The van der Waals surface area contributed by atoms with Crippen LogP contribution in [0.3, 0.4) is 0 Å². The van der Waals surface area contributed by atoms with Gasteiger partial charge in [-0.25, -0.2) is 0 Å². The van der Waals surface area contributed by atoms with Crippen LogP contribution in [0.15, 0.2) is 0 Å². The van der Waals surface area contributed by atoms with Gasteiger partial charge in [0.15, 0.2) is 0 Å². The average Bonchev–Trinajstić information content (AvgIpc) is 3.14. The van der Waals surface area contributed by atoms with Crippen molar-refractivity contribution in [2.75, 3.05) is 52.9 Å². The Bertz CT molecular complexity index is 727. The number of aliphatic hydroxyl groups excluding tert-OH is 8. The van der Waals surface area contributed by atoms with Crippen LogP contribution in [0.5, 0.6) is 0 Å². The van der Waals surface area contributed by atoms with Crippen molar-refractivity contribution >= 4 is 51.3 Å². The molecular formula is C20H44N8O20Ti4. The first-order valence-corrected chi connectivity index (χ1v) is 22.5. The maximum absolute atomic E-state index is 9.99. The number of nitrogens with one attached hydrogen (secondary N) is 8. The average molecular weight is 908 g/mol. The van der Waals surface area contributed by atoms with Crippen molar-refractivity contribution in [3.05, 3.63) is 0 Å². The van der Waals surface area contributed by atoms with Gasteiger partial charge in [-0.15, -0.1) is 0 Å². The van der Waals surface area contributed by atoms with Crippen LogP contribution in [0.1, 0.15) is 0 Å². The molecule has 0 aliphatic rings. The summed E-state index contributed by atoms with van der Waals surface area (Å²) in [4.78, 5) is 79.9. The van der Waals surface area contributed by atoms with Crippen LogP contribution in [0.4, 0.5) is 0 Å². The van der Waals surface area contributed by atoms with Crippen molar-refractivity contribution in [1.29, 1.82) is 0 Å². The summed E-state index contributed by atoms with van der Waals surface area (Å²) in [5, 5.41) is 69.1. The molecule has 0 saturated carbocycles. The molecule has 52 heavy (non-hydrogen) atoms. The van der Waals surface area contributed by atoms with Crippen molar-refractivity contribution in [2.24, 2.45) is 0 Å². The zero-order valence-electron chi connectivity index (χ0n) is 27.1. The van der Waals surface area contributed by atoms with E-state index in [0.717, 1.165) is 0 Å². The minimum absolute atomic E-state index is 0.118. The van der Waals surface area contributed by atoms with Gasteiger partial charge in [0, 0.05) is 0 Å². The molecule has 4 unspecified atom stereocenters. The summed E-state index contributed by atoms with van der Waals surface area (Å²) >= 11 is -10.3. The van der Waals surface area contributed by atoms with Crippen molar-refractivity contribution in [3.8, 4) is 0 Å².